The van der Waals surface area contributed by atoms with E-state index in [1.54, 1.807) is 0 Å². The van der Waals surface area contributed by atoms with E-state index >= 15 is 0 Å². The van der Waals surface area contributed by atoms with Gasteiger partial charge in [0.15, 0.2) is 0 Å². The Bertz CT molecular complexity index is 152. The van der Waals surface area contributed by atoms with Crippen LogP contribution in [0.4, 0.5) is 0 Å². The van der Waals surface area contributed by atoms with Gasteiger partial charge in [0.05, 0.1) is 11.2 Å². The smallest absolute Gasteiger partial charge is 0.0598 e. The second-order valence-electron chi connectivity index (χ2n) is 6.01. The lowest BCUT2D eigenvalue weighted by Gasteiger charge is -2.18. The Morgan fingerprint density at radius 2 is 0.944 bits per heavy atom. The van der Waals surface area contributed by atoms with E-state index in [1.807, 2.05) is 41.5 Å². The summed E-state index contributed by atoms with van der Waals surface area (Å²) in [6.45, 7) is 13.8. The van der Waals surface area contributed by atoms with Crippen molar-refractivity contribution >= 4 is 23.2 Å². The fourth-order valence-electron chi connectivity index (χ4n) is 0.866. The summed E-state index contributed by atoms with van der Waals surface area (Å²) in [4.78, 5) is 0. The van der Waals surface area contributed by atoms with Crippen LogP contribution in [-0.2, 0) is 9.47 Å². The van der Waals surface area contributed by atoms with E-state index in [2.05, 4.69) is 0 Å². The van der Waals surface area contributed by atoms with Crippen LogP contribution < -0.4 is 0 Å². The van der Waals surface area contributed by atoms with Gasteiger partial charge in [0, 0.05) is 25.0 Å². The van der Waals surface area contributed by atoms with E-state index in [1.165, 1.54) is 0 Å². The van der Waals surface area contributed by atoms with E-state index in [0.717, 1.165) is 26.1 Å². The molecule has 0 unspecified atom stereocenters. The Morgan fingerprint density at radius 1 is 0.667 bits per heavy atom. The van der Waals surface area contributed by atoms with Gasteiger partial charge in [0.25, 0.3) is 0 Å². The maximum atomic E-state index is 5.45. The Hall–Kier alpha value is 0.500. The van der Waals surface area contributed by atoms with Crippen LogP contribution >= 0.6 is 23.2 Å². The molecule has 0 aromatic rings. The SMILES string of the molecule is CC(C)(C)OCCCCl.CC(C)(C)OCCCCl. The maximum Gasteiger partial charge on any atom is 0.0598 e. The lowest BCUT2D eigenvalue weighted by molar-refractivity contribution is -0.00243. The predicted molar refractivity (Wildman–Crippen MR) is 82.1 cm³/mol. The standard InChI is InChI=1S/2C7H15ClO/c2*1-7(2,3)9-6-4-5-8/h2*4-6H2,1-3H3. The molecule has 18 heavy (non-hydrogen) atoms. The summed E-state index contributed by atoms with van der Waals surface area (Å²) in [7, 11) is 0. The van der Waals surface area contributed by atoms with Crippen LogP contribution in [0.2, 0.25) is 0 Å². The molecule has 0 heterocycles. The van der Waals surface area contributed by atoms with Crippen molar-refractivity contribution < 1.29 is 9.47 Å². The lowest BCUT2D eigenvalue weighted by Crippen LogP contribution is -2.19. The molecular weight excluding hydrogens is 271 g/mol. The van der Waals surface area contributed by atoms with Crippen molar-refractivity contribution in [2.24, 2.45) is 0 Å². The molecule has 0 aliphatic carbocycles. The summed E-state index contributed by atoms with van der Waals surface area (Å²) in [6, 6.07) is 0. The predicted octanol–water partition coefficient (Wildman–Crippen LogP) is 4.86. The van der Waals surface area contributed by atoms with Gasteiger partial charge in [-0.3, -0.25) is 0 Å². The van der Waals surface area contributed by atoms with Crippen molar-refractivity contribution in [1.82, 2.24) is 0 Å². The zero-order chi connectivity index (χ0) is 14.7. The molecule has 0 N–H and O–H groups in total. The number of alkyl halides is 2. The molecule has 0 fully saturated rings. The molecule has 112 valence electrons. The number of ether oxygens (including phenoxy) is 2. The molecule has 0 rings (SSSR count). The summed E-state index contributed by atoms with van der Waals surface area (Å²) < 4.78 is 10.8. The fourth-order valence-corrected chi connectivity index (χ4v) is 1.08. The van der Waals surface area contributed by atoms with Crippen molar-refractivity contribution in [3.63, 3.8) is 0 Å². The number of hydrogen-bond acceptors (Lipinski definition) is 2. The molecule has 0 atom stereocenters. The van der Waals surface area contributed by atoms with Crippen LogP contribution in [0, 0.1) is 0 Å². The fraction of sp³-hybridized carbons (Fsp3) is 1.00. The Kier molecular flexibility index (Phi) is 13.1. The molecule has 0 saturated carbocycles. The highest BCUT2D eigenvalue weighted by Gasteiger charge is 2.08. The summed E-state index contributed by atoms with van der Waals surface area (Å²) in [6.07, 6.45) is 1.89. The van der Waals surface area contributed by atoms with E-state index in [0.29, 0.717) is 11.8 Å². The van der Waals surface area contributed by atoms with Gasteiger partial charge in [0.1, 0.15) is 0 Å². The van der Waals surface area contributed by atoms with Crippen molar-refractivity contribution in [2.75, 3.05) is 25.0 Å². The van der Waals surface area contributed by atoms with Gasteiger partial charge in [0.2, 0.25) is 0 Å². The molecule has 0 aliphatic heterocycles. The Morgan fingerprint density at radius 3 is 1.11 bits per heavy atom. The van der Waals surface area contributed by atoms with Crippen LogP contribution in [0.1, 0.15) is 54.4 Å². The van der Waals surface area contributed by atoms with E-state index < -0.39 is 0 Å². The second-order valence-corrected chi connectivity index (χ2v) is 6.76. The van der Waals surface area contributed by atoms with Gasteiger partial charge in [-0.25, -0.2) is 0 Å². The third-order valence-corrected chi connectivity index (χ3v) is 2.16. The number of hydrogen-bond donors (Lipinski definition) is 0. The minimum Gasteiger partial charge on any atom is -0.376 e. The summed E-state index contributed by atoms with van der Waals surface area (Å²) >= 11 is 10.9. The van der Waals surface area contributed by atoms with Crippen LogP contribution in [0.5, 0.6) is 0 Å². The third-order valence-electron chi connectivity index (χ3n) is 1.63. The highest BCUT2D eigenvalue weighted by atomic mass is 35.5. The second kappa shape index (κ2) is 11.3. The molecule has 0 amide bonds. The zero-order valence-electron chi connectivity index (χ0n) is 12.8. The minimum absolute atomic E-state index is 0.00788. The van der Waals surface area contributed by atoms with E-state index in [4.69, 9.17) is 32.7 Å². The van der Waals surface area contributed by atoms with E-state index in [-0.39, 0.29) is 11.2 Å². The number of rotatable bonds is 6. The Labute approximate surface area is 123 Å². The third kappa shape index (κ3) is 25.4. The normalized spacial score (nSPS) is 12.0. The molecule has 2 nitrogen and oxygen atoms in total. The van der Waals surface area contributed by atoms with Crippen LogP contribution in [-0.4, -0.2) is 36.2 Å². The van der Waals surface area contributed by atoms with Crippen molar-refractivity contribution in [2.45, 2.75) is 65.6 Å². The van der Waals surface area contributed by atoms with Gasteiger partial charge in [-0.2, -0.15) is 0 Å². The molecule has 0 spiro atoms. The van der Waals surface area contributed by atoms with Gasteiger partial charge >= 0.3 is 0 Å². The molecule has 0 aromatic carbocycles. The first-order chi connectivity index (χ1) is 8.12. The first-order valence-corrected chi connectivity index (χ1v) is 7.59. The molecule has 0 saturated heterocycles. The molecule has 0 bridgehead atoms. The van der Waals surface area contributed by atoms with Crippen LogP contribution in [0.3, 0.4) is 0 Å². The molecule has 0 aromatic heterocycles. The molecule has 4 heteroatoms. The molecule has 0 aliphatic rings. The zero-order valence-corrected chi connectivity index (χ0v) is 14.3. The number of halogens is 2. The largest absolute Gasteiger partial charge is 0.376 e. The van der Waals surface area contributed by atoms with Crippen LogP contribution in [0.15, 0.2) is 0 Å². The summed E-state index contributed by atoms with van der Waals surface area (Å²) in [5.74, 6) is 1.38. The minimum atomic E-state index is -0.00788. The quantitative estimate of drug-likeness (QED) is 0.515. The van der Waals surface area contributed by atoms with E-state index in [9.17, 15) is 0 Å². The molecular formula is C14H30Cl2O2. The van der Waals surface area contributed by atoms with Gasteiger partial charge in [-0.1, -0.05) is 0 Å². The summed E-state index contributed by atoms with van der Waals surface area (Å²) in [5, 5.41) is 0. The van der Waals surface area contributed by atoms with Gasteiger partial charge < -0.3 is 9.47 Å². The molecule has 0 radical (unpaired) electrons. The average molecular weight is 301 g/mol. The van der Waals surface area contributed by atoms with Gasteiger partial charge in [-0.05, 0) is 54.4 Å². The lowest BCUT2D eigenvalue weighted by atomic mass is 10.2. The maximum absolute atomic E-state index is 5.45. The van der Waals surface area contributed by atoms with Crippen molar-refractivity contribution in [3.05, 3.63) is 0 Å². The average Bonchev–Trinajstić information content (AvgIpc) is 2.16. The monoisotopic (exact) mass is 300 g/mol. The van der Waals surface area contributed by atoms with Crippen molar-refractivity contribution in [1.29, 1.82) is 0 Å². The highest BCUT2D eigenvalue weighted by Crippen LogP contribution is 2.07. The van der Waals surface area contributed by atoms with Gasteiger partial charge in [-0.15, -0.1) is 23.2 Å². The summed E-state index contributed by atoms with van der Waals surface area (Å²) in [5.41, 5.74) is -0.0158. The topological polar surface area (TPSA) is 18.5 Å². The first-order valence-electron chi connectivity index (χ1n) is 6.52. The van der Waals surface area contributed by atoms with Crippen molar-refractivity contribution in [3.8, 4) is 0 Å². The first kappa shape index (κ1) is 20.8. The Balaban J connectivity index is 0. The highest BCUT2D eigenvalue weighted by molar-refractivity contribution is 6.18. The van der Waals surface area contributed by atoms with Crippen LogP contribution in [0.25, 0.3) is 0 Å².